The summed E-state index contributed by atoms with van der Waals surface area (Å²) in [7, 11) is 0. The van der Waals surface area contributed by atoms with E-state index in [2.05, 4.69) is 22.2 Å². The molecule has 0 aromatic carbocycles. The minimum atomic E-state index is 0.527. The maximum Gasteiger partial charge on any atom is 0.316 e. The summed E-state index contributed by atoms with van der Waals surface area (Å²) in [4.78, 5) is 8.69. The van der Waals surface area contributed by atoms with Crippen molar-refractivity contribution >= 4 is 0 Å². The lowest BCUT2D eigenvalue weighted by Crippen LogP contribution is -2.15. The highest BCUT2D eigenvalue weighted by molar-refractivity contribution is 5.17. The van der Waals surface area contributed by atoms with Gasteiger partial charge in [0.1, 0.15) is 0 Å². The summed E-state index contributed by atoms with van der Waals surface area (Å²) in [5, 5.41) is 3.28. The van der Waals surface area contributed by atoms with Gasteiger partial charge >= 0.3 is 6.01 Å². The quantitative estimate of drug-likeness (QED) is 0.841. The number of aromatic nitrogens is 2. The van der Waals surface area contributed by atoms with Gasteiger partial charge in [0.05, 0.1) is 6.61 Å². The number of hydrogen-bond donors (Lipinski definition) is 1. The maximum atomic E-state index is 5.69. The number of ether oxygens (including phenoxy) is 1. The van der Waals surface area contributed by atoms with Crippen LogP contribution in [0.4, 0.5) is 0 Å². The zero-order valence-electron chi connectivity index (χ0n) is 11.4. The highest BCUT2D eigenvalue weighted by Crippen LogP contribution is 2.25. The molecule has 1 heterocycles. The van der Waals surface area contributed by atoms with Crippen LogP contribution >= 0.6 is 0 Å². The van der Waals surface area contributed by atoms with Crippen molar-refractivity contribution < 1.29 is 4.74 Å². The van der Waals surface area contributed by atoms with Crippen molar-refractivity contribution in [2.45, 2.75) is 46.1 Å². The van der Waals surface area contributed by atoms with Gasteiger partial charge in [-0.2, -0.15) is 0 Å². The van der Waals surface area contributed by atoms with Crippen LogP contribution in [0.3, 0.4) is 0 Å². The molecular formula is C14H23N3O. The van der Waals surface area contributed by atoms with Crippen LogP contribution < -0.4 is 10.1 Å². The SMILES string of the molecule is CCNCc1cnc(OCC2CCCC2)nc1C. The molecule has 0 bridgehead atoms. The van der Waals surface area contributed by atoms with E-state index >= 15 is 0 Å². The van der Waals surface area contributed by atoms with Crippen LogP contribution in [0.1, 0.15) is 43.9 Å². The minimum absolute atomic E-state index is 0.527. The van der Waals surface area contributed by atoms with Crippen LogP contribution in [-0.2, 0) is 6.54 Å². The van der Waals surface area contributed by atoms with Crippen LogP contribution in [-0.4, -0.2) is 23.1 Å². The largest absolute Gasteiger partial charge is 0.463 e. The van der Waals surface area contributed by atoms with E-state index in [1.807, 2.05) is 13.1 Å². The van der Waals surface area contributed by atoms with Crippen molar-refractivity contribution in [2.24, 2.45) is 5.92 Å². The Morgan fingerprint density at radius 1 is 1.39 bits per heavy atom. The van der Waals surface area contributed by atoms with Crippen LogP contribution in [0.5, 0.6) is 6.01 Å². The third-order valence-corrected chi connectivity index (χ3v) is 3.55. The Hall–Kier alpha value is -1.16. The van der Waals surface area contributed by atoms with E-state index in [-0.39, 0.29) is 0 Å². The fourth-order valence-corrected chi connectivity index (χ4v) is 2.34. The summed E-state index contributed by atoms with van der Waals surface area (Å²) < 4.78 is 5.69. The Bertz CT molecular complexity index is 375. The van der Waals surface area contributed by atoms with Gasteiger partial charge in [-0.3, -0.25) is 0 Å². The van der Waals surface area contributed by atoms with Crippen molar-refractivity contribution in [2.75, 3.05) is 13.2 Å². The molecule has 18 heavy (non-hydrogen) atoms. The molecule has 100 valence electrons. The predicted molar refractivity (Wildman–Crippen MR) is 71.6 cm³/mol. The van der Waals surface area contributed by atoms with Crippen LogP contribution in [0.15, 0.2) is 6.20 Å². The standard InChI is InChI=1S/C14H23N3O/c1-3-15-8-13-9-16-14(17-11(13)2)18-10-12-6-4-5-7-12/h9,12,15H,3-8,10H2,1-2H3. The second-order valence-corrected chi connectivity index (χ2v) is 5.01. The van der Waals surface area contributed by atoms with Crippen molar-refractivity contribution in [3.05, 3.63) is 17.5 Å². The van der Waals surface area contributed by atoms with Gasteiger partial charge in [-0.25, -0.2) is 9.97 Å². The summed E-state index contributed by atoms with van der Waals surface area (Å²) in [5.74, 6) is 0.704. The molecule has 0 radical (unpaired) electrons. The van der Waals surface area contributed by atoms with Crippen molar-refractivity contribution in [3.8, 4) is 6.01 Å². The molecule has 4 heteroatoms. The number of aryl methyl sites for hydroxylation is 1. The summed E-state index contributed by atoms with van der Waals surface area (Å²) in [5.41, 5.74) is 2.15. The molecule has 0 spiro atoms. The third kappa shape index (κ3) is 3.67. The first-order valence-corrected chi connectivity index (χ1v) is 6.95. The zero-order valence-corrected chi connectivity index (χ0v) is 11.4. The lowest BCUT2D eigenvalue weighted by Gasteiger charge is -2.11. The molecule has 2 rings (SSSR count). The summed E-state index contributed by atoms with van der Waals surface area (Å²) in [6.07, 6.45) is 7.13. The molecule has 0 atom stereocenters. The van der Waals surface area contributed by atoms with Gasteiger partial charge in [0.2, 0.25) is 0 Å². The molecule has 1 aliphatic carbocycles. The van der Waals surface area contributed by atoms with E-state index in [1.165, 1.54) is 25.7 Å². The number of nitrogens with one attached hydrogen (secondary N) is 1. The first-order chi connectivity index (χ1) is 8.79. The zero-order chi connectivity index (χ0) is 12.8. The first kappa shape index (κ1) is 13.3. The Kier molecular flexibility index (Phi) is 4.93. The molecule has 1 aliphatic rings. The topological polar surface area (TPSA) is 47.0 Å². The van der Waals surface area contributed by atoms with E-state index < -0.39 is 0 Å². The maximum absolute atomic E-state index is 5.69. The molecule has 0 unspecified atom stereocenters. The fraction of sp³-hybridized carbons (Fsp3) is 0.714. The van der Waals surface area contributed by atoms with Crippen molar-refractivity contribution in [1.82, 2.24) is 15.3 Å². The van der Waals surface area contributed by atoms with Crippen molar-refractivity contribution in [3.63, 3.8) is 0 Å². The molecule has 1 aromatic heterocycles. The second kappa shape index (κ2) is 6.69. The average molecular weight is 249 g/mol. The molecule has 1 aromatic rings. The molecule has 4 nitrogen and oxygen atoms in total. The fourth-order valence-electron chi connectivity index (χ4n) is 2.34. The lowest BCUT2D eigenvalue weighted by molar-refractivity contribution is 0.233. The Balaban J connectivity index is 1.87. The van der Waals surface area contributed by atoms with Gasteiger partial charge in [-0.15, -0.1) is 0 Å². The highest BCUT2D eigenvalue weighted by Gasteiger charge is 2.16. The number of hydrogen-bond acceptors (Lipinski definition) is 4. The minimum Gasteiger partial charge on any atom is -0.463 e. The monoisotopic (exact) mass is 249 g/mol. The van der Waals surface area contributed by atoms with E-state index in [1.54, 1.807) is 0 Å². The lowest BCUT2D eigenvalue weighted by atomic mass is 10.1. The molecule has 1 fully saturated rings. The normalized spacial score (nSPS) is 16.1. The van der Waals surface area contributed by atoms with E-state index in [0.29, 0.717) is 11.9 Å². The second-order valence-electron chi connectivity index (χ2n) is 5.01. The van der Waals surface area contributed by atoms with Gasteiger partial charge in [0, 0.05) is 24.0 Å². The van der Waals surface area contributed by atoms with E-state index in [4.69, 9.17) is 4.74 Å². The summed E-state index contributed by atoms with van der Waals surface area (Å²) in [6.45, 7) is 6.66. The van der Waals surface area contributed by atoms with Crippen LogP contribution in [0, 0.1) is 12.8 Å². The van der Waals surface area contributed by atoms with E-state index in [0.717, 1.165) is 31.0 Å². The first-order valence-electron chi connectivity index (χ1n) is 6.95. The molecule has 1 saturated carbocycles. The Morgan fingerprint density at radius 2 is 2.17 bits per heavy atom. The van der Waals surface area contributed by atoms with Gasteiger partial charge in [0.25, 0.3) is 0 Å². The Labute approximate surface area is 109 Å². The molecular weight excluding hydrogens is 226 g/mol. The smallest absolute Gasteiger partial charge is 0.316 e. The van der Waals surface area contributed by atoms with Crippen LogP contribution in [0.25, 0.3) is 0 Å². The van der Waals surface area contributed by atoms with Gasteiger partial charge in [0.15, 0.2) is 0 Å². The van der Waals surface area contributed by atoms with E-state index in [9.17, 15) is 0 Å². The molecule has 0 aliphatic heterocycles. The van der Waals surface area contributed by atoms with Gasteiger partial charge in [-0.1, -0.05) is 19.8 Å². The molecule has 1 N–H and O–H groups in total. The van der Waals surface area contributed by atoms with Crippen molar-refractivity contribution in [1.29, 1.82) is 0 Å². The van der Waals surface area contributed by atoms with Gasteiger partial charge in [-0.05, 0) is 32.2 Å². The van der Waals surface area contributed by atoms with Crippen LogP contribution in [0.2, 0.25) is 0 Å². The number of nitrogens with zero attached hydrogens (tertiary/aromatic N) is 2. The molecule has 0 saturated heterocycles. The van der Waals surface area contributed by atoms with Gasteiger partial charge < -0.3 is 10.1 Å². The number of rotatable bonds is 6. The third-order valence-electron chi connectivity index (χ3n) is 3.55. The average Bonchev–Trinajstić information content (AvgIpc) is 2.88. The Morgan fingerprint density at radius 3 is 2.83 bits per heavy atom. The highest BCUT2D eigenvalue weighted by atomic mass is 16.5. The summed E-state index contributed by atoms with van der Waals surface area (Å²) >= 11 is 0. The predicted octanol–water partition coefficient (Wildman–Crippen LogP) is 2.46. The molecule has 0 amide bonds. The summed E-state index contributed by atoms with van der Waals surface area (Å²) in [6, 6.07) is 0.527.